The number of rotatable bonds is 7. The number of hydrogen-bond acceptors (Lipinski definition) is 11. The van der Waals surface area contributed by atoms with Crippen LogP contribution in [0, 0.1) is 11.8 Å². The van der Waals surface area contributed by atoms with Crippen molar-refractivity contribution in [2.45, 2.75) is 140 Å². The second-order valence-corrected chi connectivity index (χ2v) is 19.9. The first-order chi connectivity index (χ1) is 32.9. The molecule has 0 saturated carbocycles. The Morgan fingerprint density at radius 3 is 2.51 bits per heavy atom. The predicted octanol–water partition coefficient (Wildman–Crippen LogP) is 7.60. The molecule has 17 nitrogen and oxygen atoms in total. The maximum absolute atomic E-state index is 14.5. The fourth-order valence-corrected chi connectivity index (χ4v) is 12.4. The summed E-state index contributed by atoms with van der Waals surface area (Å²) in [7, 11) is 2.64. The number of carbonyl (C=O) groups excluding carboxylic acids is 4. The third-order valence-corrected chi connectivity index (χ3v) is 15.7. The van der Waals surface area contributed by atoms with E-state index in [4.69, 9.17) is 33.7 Å². The number of aromatic nitrogens is 4. The van der Waals surface area contributed by atoms with Gasteiger partial charge in [-0.1, -0.05) is 18.2 Å². The normalized spacial score (nSPS) is 29.3. The average Bonchev–Trinajstić information content (AvgIpc) is 4.17. The number of nitrogens with zero attached hydrogens (tertiary/aromatic N) is 4. The molecule has 4 amide bonds. The van der Waals surface area contributed by atoms with Gasteiger partial charge in [0.05, 0.1) is 67.5 Å². The van der Waals surface area contributed by atoms with Crippen LogP contribution in [0.4, 0.5) is 9.59 Å². The fourth-order valence-electron chi connectivity index (χ4n) is 12.4. The lowest BCUT2D eigenvalue weighted by Crippen LogP contribution is -2.58. The van der Waals surface area contributed by atoms with Gasteiger partial charge in [0.25, 0.3) is 0 Å². The molecule has 358 valence electrons. The van der Waals surface area contributed by atoms with E-state index in [9.17, 15) is 19.2 Å². The van der Waals surface area contributed by atoms with Crippen molar-refractivity contribution in [1.82, 2.24) is 40.4 Å². The molecule has 0 spiro atoms. The molecular weight excluding hydrogens is 869 g/mol. The third-order valence-electron chi connectivity index (χ3n) is 15.7. The summed E-state index contributed by atoms with van der Waals surface area (Å²) in [5.74, 6) is 1.85. The van der Waals surface area contributed by atoms with Crippen molar-refractivity contribution in [2.24, 2.45) is 11.8 Å². The molecule has 11 rings (SSSR count). The lowest BCUT2D eigenvalue weighted by atomic mass is 9.81. The minimum absolute atomic E-state index is 0.00224. The van der Waals surface area contributed by atoms with E-state index in [1.165, 1.54) is 14.2 Å². The third kappa shape index (κ3) is 7.90. The number of amides is 4. The number of H-pyrrole nitrogens is 2. The van der Waals surface area contributed by atoms with E-state index in [-0.39, 0.29) is 66.1 Å². The summed E-state index contributed by atoms with van der Waals surface area (Å²) in [5, 5.41) is 7.73. The van der Waals surface area contributed by atoms with E-state index < -0.39 is 24.3 Å². The van der Waals surface area contributed by atoms with Crippen LogP contribution >= 0.6 is 0 Å². The highest BCUT2D eigenvalue weighted by Gasteiger charge is 2.49. The Hall–Kier alpha value is -6.20. The number of aromatic amines is 2. The molecule has 0 aliphatic carbocycles. The lowest BCUT2D eigenvalue weighted by molar-refractivity contribution is -0.148. The average molecular weight is 929 g/mol. The number of alkyl carbamates (subject to hydrolysis) is 2. The highest BCUT2D eigenvalue weighted by Crippen LogP contribution is 2.46. The summed E-state index contributed by atoms with van der Waals surface area (Å²) >= 11 is 0. The zero-order chi connectivity index (χ0) is 47.0. The van der Waals surface area contributed by atoms with Crippen LogP contribution in [0.15, 0.2) is 48.7 Å². The minimum atomic E-state index is -0.733. The van der Waals surface area contributed by atoms with E-state index in [1.807, 2.05) is 35.9 Å². The number of carbonyl (C=O) groups is 4. The number of likely N-dealkylation sites (tertiary alicyclic amines) is 1. The molecule has 2 unspecified atom stereocenters. The number of methoxy groups -OCH3 is 2. The van der Waals surface area contributed by atoms with Crippen LogP contribution in [0.5, 0.6) is 5.75 Å². The van der Waals surface area contributed by atoms with Crippen LogP contribution in [0.2, 0.25) is 0 Å². The second kappa shape index (κ2) is 17.7. The van der Waals surface area contributed by atoms with Crippen molar-refractivity contribution < 1.29 is 42.9 Å². The van der Waals surface area contributed by atoms with E-state index in [2.05, 4.69) is 63.9 Å². The Morgan fingerprint density at radius 1 is 0.853 bits per heavy atom. The summed E-state index contributed by atoms with van der Waals surface area (Å²) < 4.78 is 28.6. The van der Waals surface area contributed by atoms with Crippen LogP contribution in [-0.2, 0) is 35.1 Å². The second-order valence-electron chi connectivity index (χ2n) is 19.9. The number of ether oxygens (including phenoxy) is 5. The SMILES string of the molecule is COC(=O)NC(C(=O)N1[C@@H](C)CC[C@H]1c1ncc(-c2ccc3c(c2)COc2cc4c(ccc5[nH]c([C@@H]6CC[C@@H]7C[C@@H]8CC(C[C@@H](C)O8)[C@H](NC(=O)OC)C(=O)N76)nc54)cc2-3)[nH]1)[C@H]1CCO[C@H](C)C1. The van der Waals surface area contributed by atoms with Crippen LogP contribution in [0.25, 0.3) is 44.2 Å². The number of fused-ring (bicyclic) bond motifs is 9. The van der Waals surface area contributed by atoms with Gasteiger partial charge in [-0.25, -0.2) is 19.6 Å². The first-order valence-electron chi connectivity index (χ1n) is 24.3. The Kier molecular flexibility index (Phi) is 11.5. The van der Waals surface area contributed by atoms with E-state index in [0.717, 1.165) is 99.9 Å². The Bertz CT molecular complexity index is 2790. The van der Waals surface area contributed by atoms with Crippen molar-refractivity contribution in [2.75, 3.05) is 20.8 Å². The summed E-state index contributed by atoms with van der Waals surface area (Å²) in [5.41, 5.74) is 6.59. The quantitative estimate of drug-likeness (QED) is 0.125. The molecule has 5 aromatic rings. The predicted molar refractivity (Wildman–Crippen MR) is 250 cm³/mol. The Morgan fingerprint density at radius 2 is 1.69 bits per heavy atom. The van der Waals surface area contributed by atoms with Gasteiger partial charge in [-0.2, -0.15) is 0 Å². The van der Waals surface area contributed by atoms with E-state index >= 15 is 0 Å². The van der Waals surface area contributed by atoms with Gasteiger partial charge in [-0.05, 0) is 137 Å². The highest BCUT2D eigenvalue weighted by atomic mass is 16.5. The molecule has 17 heteroatoms. The lowest BCUT2D eigenvalue weighted by Gasteiger charge is -2.44. The van der Waals surface area contributed by atoms with Gasteiger partial charge in [0.2, 0.25) is 11.8 Å². The van der Waals surface area contributed by atoms with Gasteiger partial charge < -0.3 is 54.1 Å². The monoisotopic (exact) mass is 928 g/mol. The maximum atomic E-state index is 14.5. The van der Waals surface area contributed by atoms with Crippen molar-refractivity contribution in [1.29, 1.82) is 0 Å². The molecule has 11 atom stereocenters. The molecule has 8 heterocycles. The largest absolute Gasteiger partial charge is 0.488 e. The Labute approximate surface area is 394 Å². The summed E-state index contributed by atoms with van der Waals surface area (Å²) in [6, 6.07) is 12.7. The minimum Gasteiger partial charge on any atom is -0.488 e. The smallest absolute Gasteiger partial charge is 0.407 e. The van der Waals surface area contributed by atoms with Crippen molar-refractivity contribution in [3.63, 3.8) is 0 Å². The molecule has 5 saturated heterocycles. The molecule has 5 fully saturated rings. The van der Waals surface area contributed by atoms with Gasteiger partial charge >= 0.3 is 12.2 Å². The van der Waals surface area contributed by atoms with Crippen molar-refractivity contribution >= 4 is 45.8 Å². The zero-order valence-corrected chi connectivity index (χ0v) is 39.2. The molecule has 4 N–H and O–H groups in total. The van der Waals surface area contributed by atoms with Crippen LogP contribution in [0.1, 0.15) is 108 Å². The molecular formula is C51H60N8O9. The maximum Gasteiger partial charge on any atom is 0.407 e. The molecule has 2 aromatic heterocycles. The first kappa shape index (κ1) is 44.3. The van der Waals surface area contributed by atoms with E-state index in [1.54, 1.807) is 0 Å². The van der Waals surface area contributed by atoms with Crippen LogP contribution in [-0.4, -0.2) is 117 Å². The van der Waals surface area contributed by atoms with Gasteiger partial charge in [0, 0.05) is 29.6 Å². The van der Waals surface area contributed by atoms with Gasteiger partial charge in [0.1, 0.15) is 36.1 Å². The standard InChI is InChI=1S/C51H60N8O9/c1-25-6-12-40(58(25)48(60)43(56-50(62)64-4)30-14-15-66-26(2)16-30)46-52-23-39(54-46)29-7-10-35-32(18-29)24-67-42-22-36-28(20-37(35)42)8-11-38-45(36)55-47(53-38)41-13-9-33-21-34-19-31(17-27(3)68-34)44(49(61)59(33)41)57-51(63)65-5/h7-8,10-11,18,20,22-23,25-27,30-31,33-34,40-41,43-44H,6,9,12-17,19,21,24H2,1-5H3,(H,52,54)(H,53,55)(H,56,62)(H,57,63)/t25-,26+,27+,30-,31?,33+,34-,40-,41-,43?,44-/m0/s1. The van der Waals surface area contributed by atoms with Gasteiger partial charge in [0.15, 0.2) is 0 Å². The number of nitrogens with one attached hydrogen (secondary N) is 4. The molecule has 2 bridgehead atoms. The number of imidazole rings is 2. The first-order valence-corrected chi connectivity index (χ1v) is 24.3. The summed E-state index contributed by atoms with van der Waals surface area (Å²) in [6.07, 6.45) is 7.21. The topological polar surface area (TPSA) is 202 Å². The molecule has 6 aliphatic heterocycles. The van der Waals surface area contributed by atoms with E-state index in [0.29, 0.717) is 38.3 Å². The number of benzene rings is 3. The summed E-state index contributed by atoms with van der Waals surface area (Å²) in [4.78, 5) is 75.1. The van der Waals surface area contributed by atoms with Crippen molar-refractivity contribution in [3.05, 3.63) is 65.9 Å². The molecule has 3 aromatic carbocycles. The number of hydrogen-bond donors (Lipinski definition) is 4. The highest BCUT2D eigenvalue weighted by molar-refractivity contribution is 6.07. The Balaban J connectivity index is 0.845. The zero-order valence-electron chi connectivity index (χ0n) is 39.2. The summed E-state index contributed by atoms with van der Waals surface area (Å²) in [6.45, 7) is 7.00. The fraction of sp³-hybridized carbons (Fsp3) is 0.529. The molecule has 0 radical (unpaired) electrons. The molecule has 68 heavy (non-hydrogen) atoms. The van der Waals surface area contributed by atoms with Gasteiger partial charge in [-0.3, -0.25) is 9.59 Å². The van der Waals surface area contributed by atoms with Crippen molar-refractivity contribution in [3.8, 4) is 28.1 Å². The molecule has 6 aliphatic rings. The van der Waals surface area contributed by atoms with Crippen LogP contribution in [0.3, 0.4) is 0 Å². The van der Waals surface area contributed by atoms with Crippen LogP contribution < -0.4 is 15.4 Å². The van der Waals surface area contributed by atoms with Gasteiger partial charge in [-0.15, -0.1) is 0 Å².